The maximum atomic E-state index is 14.5. The topological polar surface area (TPSA) is 108 Å². The second-order valence-corrected chi connectivity index (χ2v) is 12.6. The summed E-state index contributed by atoms with van der Waals surface area (Å²) in [5, 5.41) is 16.9. The molecule has 0 radical (unpaired) electrons. The average Bonchev–Trinajstić information content (AvgIpc) is 2.86. The van der Waals surface area contributed by atoms with E-state index in [-0.39, 0.29) is 5.75 Å². The average molecular weight is 572 g/mol. The van der Waals surface area contributed by atoms with Crippen molar-refractivity contribution < 1.29 is 24.2 Å². The molecule has 0 aliphatic rings. The second-order valence-electron chi connectivity index (χ2n) is 11.6. The van der Waals surface area contributed by atoms with E-state index in [1.807, 2.05) is 52.1 Å². The molecule has 0 aromatic heterocycles. The van der Waals surface area contributed by atoms with Crippen molar-refractivity contribution in [2.45, 2.75) is 91.5 Å². The van der Waals surface area contributed by atoms with E-state index in [4.69, 9.17) is 4.74 Å². The number of hydrogen-bond acceptors (Lipinski definition) is 6. The van der Waals surface area contributed by atoms with Crippen LogP contribution in [0, 0.1) is 13.8 Å². The summed E-state index contributed by atoms with van der Waals surface area (Å²) in [7, 11) is 0. The van der Waals surface area contributed by atoms with Crippen LogP contribution in [0.15, 0.2) is 42.5 Å². The maximum Gasteiger partial charge on any atom is 0.408 e. The van der Waals surface area contributed by atoms with Gasteiger partial charge in [-0.3, -0.25) is 9.59 Å². The monoisotopic (exact) mass is 571 g/mol. The molecule has 40 heavy (non-hydrogen) atoms. The number of carbonyl (C=O) groups is 3. The second kappa shape index (κ2) is 13.9. The van der Waals surface area contributed by atoms with Gasteiger partial charge in [-0.2, -0.15) is 11.8 Å². The zero-order chi connectivity index (χ0) is 30.3. The Bertz CT molecular complexity index is 1190. The minimum Gasteiger partial charge on any atom is -0.507 e. The molecule has 0 aliphatic heterocycles. The van der Waals surface area contributed by atoms with Gasteiger partial charge in [-0.15, -0.1) is 0 Å². The summed E-state index contributed by atoms with van der Waals surface area (Å²) < 4.78 is 5.46. The fourth-order valence-electron chi connectivity index (χ4n) is 4.27. The summed E-state index contributed by atoms with van der Waals surface area (Å²) in [5.74, 6) is -0.357. The van der Waals surface area contributed by atoms with Crippen molar-refractivity contribution in [3.8, 4) is 5.75 Å². The summed E-state index contributed by atoms with van der Waals surface area (Å²) in [4.78, 5) is 42.9. The van der Waals surface area contributed by atoms with Crippen LogP contribution in [0.25, 0.3) is 0 Å². The van der Waals surface area contributed by atoms with Gasteiger partial charge in [0, 0.05) is 16.8 Å². The van der Waals surface area contributed by atoms with Crippen molar-refractivity contribution in [1.29, 1.82) is 0 Å². The van der Waals surface area contributed by atoms with Crippen LogP contribution >= 0.6 is 11.8 Å². The first-order valence-corrected chi connectivity index (χ1v) is 15.0. The molecule has 3 N–H and O–H groups in total. The molecule has 0 bridgehead atoms. The van der Waals surface area contributed by atoms with Crippen LogP contribution in [0.2, 0.25) is 0 Å². The van der Waals surface area contributed by atoms with Crippen molar-refractivity contribution in [1.82, 2.24) is 10.2 Å². The summed E-state index contributed by atoms with van der Waals surface area (Å²) in [5.41, 5.74) is 0.787. The van der Waals surface area contributed by atoms with Crippen LogP contribution in [0.1, 0.15) is 77.1 Å². The van der Waals surface area contributed by atoms with Gasteiger partial charge in [0.2, 0.25) is 5.91 Å². The third-order valence-electron chi connectivity index (χ3n) is 6.83. The van der Waals surface area contributed by atoms with Crippen LogP contribution in [0.3, 0.4) is 0 Å². The van der Waals surface area contributed by atoms with Gasteiger partial charge in [0.1, 0.15) is 23.4 Å². The van der Waals surface area contributed by atoms with Crippen LogP contribution in [-0.4, -0.2) is 57.1 Å². The van der Waals surface area contributed by atoms with Crippen molar-refractivity contribution in [3.05, 3.63) is 59.2 Å². The molecule has 3 amide bonds. The molecule has 0 aliphatic carbocycles. The number of phenols is 1. The molecule has 0 saturated heterocycles. The number of carbonyl (C=O) groups excluding carboxylic acids is 3. The molecule has 0 spiro atoms. The Morgan fingerprint density at radius 1 is 1.00 bits per heavy atom. The first-order chi connectivity index (χ1) is 18.6. The molecule has 220 valence electrons. The van der Waals surface area contributed by atoms with E-state index in [1.165, 1.54) is 4.90 Å². The van der Waals surface area contributed by atoms with Gasteiger partial charge >= 0.3 is 6.09 Å². The number of amides is 3. The number of rotatable bonds is 11. The van der Waals surface area contributed by atoms with E-state index in [1.54, 1.807) is 63.7 Å². The van der Waals surface area contributed by atoms with Crippen molar-refractivity contribution in [2.24, 2.45) is 0 Å². The summed E-state index contributed by atoms with van der Waals surface area (Å²) in [6.07, 6.45) is 2.06. The van der Waals surface area contributed by atoms with Gasteiger partial charge in [-0.05, 0) is 90.5 Å². The quantitative estimate of drug-likeness (QED) is 0.290. The number of anilines is 1. The van der Waals surface area contributed by atoms with Crippen LogP contribution in [0.4, 0.5) is 10.5 Å². The molecular formula is C31H45N3O5S. The fraction of sp³-hybridized carbons (Fsp3) is 0.516. The number of nitrogens with one attached hydrogen (secondary N) is 2. The molecule has 0 saturated carbocycles. The lowest BCUT2D eigenvalue weighted by atomic mass is 9.90. The molecule has 9 heteroatoms. The maximum absolute atomic E-state index is 14.5. The predicted molar refractivity (Wildman–Crippen MR) is 163 cm³/mol. The summed E-state index contributed by atoms with van der Waals surface area (Å²) >= 11 is 1.55. The lowest BCUT2D eigenvalue weighted by molar-refractivity contribution is -0.147. The zero-order valence-electron chi connectivity index (χ0n) is 25.3. The predicted octanol–water partition coefficient (Wildman–Crippen LogP) is 6.35. The standard InChI is InChI=1S/C31H45N3O5S/c1-10-31(7,8)34(28(37)24(18-19-40-9)33-29(38)39-30(4,5)6)25(22-16-13-15-21(3)26(22)35)27(36)32-23-17-12-11-14-20(23)2/h11-17,24-25,35H,10,18-19H2,1-9H3,(H,32,36)(H,33,38). The lowest BCUT2D eigenvalue weighted by Crippen LogP contribution is -2.59. The Morgan fingerprint density at radius 3 is 2.20 bits per heavy atom. The fourth-order valence-corrected chi connectivity index (χ4v) is 4.74. The number of aromatic hydroxyl groups is 1. The largest absolute Gasteiger partial charge is 0.507 e. The van der Waals surface area contributed by atoms with Crippen LogP contribution < -0.4 is 10.6 Å². The third-order valence-corrected chi connectivity index (χ3v) is 7.47. The number of benzene rings is 2. The molecule has 2 unspecified atom stereocenters. The number of hydrogen-bond donors (Lipinski definition) is 3. The number of aryl methyl sites for hydroxylation is 2. The Morgan fingerprint density at radius 2 is 1.62 bits per heavy atom. The van der Waals surface area contributed by atoms with Crippen molar-refractivity contribution >= 4 is 35.4 Å². The highest BCUT2D eigenvalue weighted by atomic mass is 32.2. The van der Waals surface area contributed by atoms with Gasteiger partial charge < -0.3 is 25.4 Å². The van der Waals surface area contributed by atoms with Crippen LogP contribution in [-0.2, 0) is 14.3 Å². The van der Waals surface area contributed by atoms with E-state index in [9.17, 15) is 19.5 Å². The van der Waals surface area contributed by atoms with Gasteiger partial charge in [-0.1, -0.05) is 43.3 Å². The molecule has 0 heterocycles. The van der Waals surface area contributed by atoms with Gasteiger partial charge in [0.15, 0.2) is 0 Å². The summed E-state index contributed by atoms with van der Waals surface area (Å²) in [6.45, 7) is 14.6. The highest BCUT2D eigenvalue weighted by molar-refractivity contribution is 7.98. The molecule has 8 nitrogen and oxygen atoms in total. The minimum atomic E-state index is -1.18. The smallest absolute Gasteiger partial charge is 0.408 e. The van der Waals surface area contributed by atoms with Gasteiger partial charge in [-0.25, -0.2) is 4.79 Å². The van der Waals surface area contributed by atoms with E-state index in [2.05, 4.69) is 10.6 Å². The zero-order valence-corrected chi connectivity index (χ0v) is 26.1. The normalized spacial score (nSPS) is 13.2. The first-order valence-electron chi connectivity index (χ1n) is 13.6. The molecule has 2 aromatic carbocycles. The Balaban J connectivity index is 2.69. The lowest BCUT2D eigenvalue weighted by Gasteiger charge is -2.44. The highest BCUT2D eigenvalue weighted by Crippen LogP contribution is 2.38. The molecule has 2 atom stereocenters. The SMILES string of the molecule is CCC(C)(C)N(C(=O)C(CCSC)NC(=O)OC(C)(C)C)C(C(=O)Nc1ccccc1C)c1cccc(C)c1O. The number of thioether (sulfide) groups is 1. The Kier molecular flexibility index (Phi) is 11.5. The molecule has 2 aromatic rings. The first kappa shape index (κ1) is 33.0. The van der Waals surface area contributed by atoms with Crippen molar-refractivity contribution in [2.75, 3.05) is 17.3 Å². The van der Waals surface area contributed by atoms with E-state index in [0.717, 1.165) is 5.56 Å². The van der Waals surface area contributed by atoms with E-state index < -0.39 is 41.1 Å². The van der Waals surface area contributed by atoms with E-state index >= 15 is 0 Å². The Labute approximate surface area is 243 Å². The van der Waals surface area contributed by atoms with Gasteiger partial charge in [0.05, 0.1) is 0 Å². The summed E-state index contributed by atoms with van der Waals surface area (Å²) in [6, 6.07) is 10.4. The number of para-hydroxylation sites is 2. The number of nitrogens with zero attached hydrogens (tertiary/aromatic N) is 1. The van der Waals surface area contributed by atoms with Gasteiger partial charge in [0.25, 0.3) is 5.91 Å². The number of alkyl carbamates (subject to hydrolysis) is 1. The minimum absolute atomic E-state index is 0.0575. The van der Waals surface area contributed by atoms with Crippen molar-refractivity contribution in [3.63, 3.8) is 0 Å². The van der Waals surface area contributed by atoms with Crippen LogP contribution in [0.5, 0.6) is 5.75 Å². The number of ether oxygens (including phenoxy) is 1. The molecule has 2 rings (SSSR count). The number of phenolic OH excluding ortho intramolecular Hbond substituents is 1. The molecular weight excluding hydrogens is 526 g/mol. The third kappa shape index (κ3) is 8.65. The Hall–Kier alpha value is -3.20. The van der Waals surface area contributed by atoms with E-state index in [0.29, 0.717) is 35.4 Å². The highest BCUT2D eigenvalue weighted by Gasteiger charge is 2.44. The molecule has 0 fully saturated rings.